The predicted octanol–water partition coefficient (Wildman–Crippen LogP) is 4.49. The summed E-state index contributed by atoms with van der Waals surface area (Å²) in [5.74, 6) is 0.886. The smallest absolute Gasteiger partial charge is 0.281 e. The van der Waals surface area contributed by atoms with Crippen molar-refractivity contribution in [3.8, 4) is 11.6 Å². The molecule has 0 saturated heterocycles. The summed E-state index contributed by atoms with van der Waals surface area (Å²) in [6.07, 6.45) is 1.54. The lowest BCUT2D eigenvalue weighted by Gasteiger charge is -2.07. The van der Waals surface area contributed by atoms with Crippen LogP contribution in [0.4, 0.5) is 5.95 Å². The van der Waals surface area contributed by atoms with Crippen LogP contribution in [0.2, 0.25) is 5.02 Å². The van der Waals surface area contributed by atoms with Gasteiger partial charge < -0.3 is 9.73 Å². The molecule has 4 aromatic rings. The fourth-order valence-corrected chi connectivity index (χ4v) is 2.69. The molecule has 27 heavy (non-hydrogen) atoms. The van der Waals surface area contributed by atoms with Gasteiger partial charge in [0, 0.05) is 17.1 Å². The molecule has 0 fully saturated rings. The minimum absolute atomic E-state index is 0.278. The van der Waals surface area contributed by atoms with Crippen LogP contribution in [0.1, 0.15) is 15.9 Å². The zero-order chi connectivity index (χ0) is 18.6. The second-order valence-corrected chi connectivity index (χ2v) is 6.24. The number of nitrogens with one attached hydrogen (secondary N) is 1. The molecular formula is C20H15ClN4O2. The SMILES string of the molecule is O=C(c1ccccc1)n1nc(-c2ccco2)nc1NCc1ccc(Cl)cc1. The van der Waals surface area contributed by atoms with Crippen molar-refractivity contribution in [3.63, 3.8) is 0 Å². The van der Waals surface area contributed by atoms with Gasteiger partial charge in [-0.1, -0.05) is 41.9 Å². The third-order valence-corrected chi connectivity index (χ3v) is 4.18. The number of carbonyl (C=O) groups excluding carboxylic acids is 1. The zero-order valence-electron chi connectivity index (χ0n) is 14.2. The van der Waals surface area contributed by atoms with E-state index >= 15 is 0 Å². The van der Waals surface area contributed by atoms with Gasteiger partial charge in [0.15, 0.2) is 5.76 Å². The third-order valence-electron chi connectivity index (χ3n) is 3.93. The molecule has 0 aliphatic rings. The fraction of sp³-hybridized carbons (Fsp3) is 0.0500. The molecule has 2 heterocycles. The molecule has 7 heteroatoms. The van der Waals surface area contributed by atoms with E-state index in [9.17, 15) is 4.79 Å². The highest BCUT2D eigenvalue weighted by Gasteiger charge is 2.19. The monoisotopic (exact) mass is 378 g/mol. The summed E-state index contributed by atoms with van der Waals surface area (Å²) in [7, 11) is 0. The van der Waals surface area contributed by atoms with Crippen LogP contribution in [0.25, 0.3) is 11.6 Å². The first-order chi connectivity index (χ1) is 13.2. The number of carbonyl (C=O) groups is 1. The molecule has 0 aliphatic heterocycles. The van der Waals surface area contributed by atoms with Crippen LogP contribution in [0.5, 0.6) is 0 Å². The molecule has 2 aromatic carbocycles. The van der Waals surface area contributed by atoms with Gasteiger partial charge in [-0.25, -0.2) is 0 Å². The quantitative estimate of drug-likeness (QED) is 0.553. The van der Waals surface area contributed by atoms with E-state index in [4.69, 9.17) is 16.0 Å². The Morgan fingerprint density at radius 2 is 1.81 bits per heavy atom. The molecular weight excluding hydrogens is 364 g/mol. The van der Waals surface area contributed by atoms with Gasteiger partial charge in [-0.05, 0) is 42.0 Å². The summed E-state index contributed by atoms with van der Waals surface area (Å²) in [5.41, 5.74) is 1.52. The van der Waals surface area contributed by atoms with Crippen molar-refractivity contribution in [2.45, 2.75) is 6.54 Å². The Balaban J connectivity index is 1.66. The summed E-state index contributed by atoms with van der Waals surface area (Å²) >= 11 is 5.92. The molecule has 0 unspecified atom stereocenters. The van der Waals surface area contributed by atoms with Crippen molar-refractivity contribution in [2.75, 3.05) is 5.32 Å². The van der Waals surface area contributed by atoms with Crippen LogP contribution < -0.4 is 5.32 Å². The van der Waals surface area contributed by atoms with Gasteiger partial charge in [0.1, 0.15) is 0 Å². The third kappa shape index (κ3) is 3.75. The Kier molecular flexibility index (Phi) is 4.72. The number of anilines is 1. The highest BCUT2D eigenvalue weighted by molar-refractivity contribution is 6.30. The number of benzene rings is 2. The van der Waals surface area contributed by atoms with Crippen LogP contribution in [-0.2, 0) is 6.54 Å². The van der Waals surface area contributed by atoms with Gasteiger partial charge in [0.2, 0.25) is 11.8 Å². The molecule has 0 aliphatic carbocycles. The summed E-state index contributed by atoms with van der Waals surface area (Å²) in [6, 6.07) is 19.9. The second kappa shape index (κ2) is 7.47. The largest absolute Gasteiger partial charge is 0.461 e. The van der Waals surface area contributed by atoms with Crippen LogP contribution in [0.15, 0.2) is 77.4 Å². The van der Waals surface area contributed by atoms with E-state index in [0.717, 1.165) is 5.56 Å². The maximum Gasteiger partial charge on any atom is 0.281 e. The van der Waals surface area contributed by atoms with Crippen molar-refractivity contribution >= 4 is 23.5 Å². The standard InChI is InChI=1S/C20H15ClN4O2/c21-16-10-8-14(9-11-16)13-22-20-23-18(17-7-4-12-27-17)24-25(20)19(26)15-5-2-1-3-6-15/h1-12H,13H2,(H,22,23,24). The maximum atomic E-state index is 12.9. The van der Waals surface area contributed by atoms with Gasteiger partial charge >= 0.3 is 0 Å². The van der Waals surface area contributed by atoms with Gasteiger partial charge in [-0.3, -0.25) is 4.79 Å². The van der Waals surface area contributed by atoms with Crippen molar-refractivity contribution in [1.29, 1.82) is 0 Å². The molecule has 2 aromatic heterocycles. The van der Waals surface area contributed by atoms with E-state index < -0.39 is 0 Å². The first kappa shape index (κ1) is 17.1. The molecule has 134 valence electrons. The Hall–Kier alpha value is -3.38. The lowest BCUT2D eigenvalue weighted by Crippen LogP contribution is -2.17. The van der Waals surface area contributed by atoms with Gasteiger partial charge in [-0.2, -0.15) is 9.67 Å². The highest BCUT2D eigenvalue weighted by Crippen LogP contribution is 2.20. The Morgan fingerprint density at radius 3 is 2.52 bits per heavy atom. The molecule has 0 bridgehead atoms. The van der Waals surface area contributed by atoms with Crippen LogP contribution in [0, 0.1) is 0 Å². The van der Waals surface area contributed by atoms with E-state index in [1.807, 2.05) is 30.3 Å². The summed E-state index contributed by atoms with van der Waals surface area (Å²) in [5, 5.41) is 8.17. The van der Waals surface area contributed by atoms with E-state index in [1.165, 1.54) is 10.9 Å². The average molecular weight is 379 g/mol. The Morgan fingerprint density at radius 1 is 1.04 bits per heavy atom. The molecule has 0 atom stereocenters. The first-order valence-corrected chi connectivity index (χ1v) is 8.67. The molecule has 0 spiro atoms. The molecule has 0 saturated carbocycles. The van der Waals surface area contributed by atoms with Gasteiger partial charge in [-0.15, -0.1) is 5.10 Å². The second-order valence-electron chi connectivity index (χ2n) is 5.80. The fourth-order valence-electron chi connectivity index (χ4n) is 2.56. The zero-order valence-corrected chi connectivity index (χ0v) is 14.9. The van der Waals surface area contributed by atoms with E-state index in [1.54, 1.807) is 36.4 Å². The first-order valence-electron chi connectivity index (χ1n) is 8.30. The number of aromatic nitrogens is 3. The Labute approximate surface area is 160 Å². The number of rotatable bonds is 5. The maximum absolute atomic E-state index is 12.9. The number of furan rings is 1. The molecule has 1 N–H and O–H groups in total. The van der Waals surface area contributed by atoms with Crippen LogP contribution in [0.3, 0.4) is 0 Å². The van der Waals surface area contributed by atoms with Gasteiger partial charge in [0.25, 0.3) is 5.91 Å². The number of hydrogen-bond donors (Lipinski definition) is 1. The van der Waals surface area contributed by atoms with Crippen molar-refractivity contribution in [2.24, 2.45) is 0 Å². The van der Waals surface area contributed by atoms with Crippen molar-refractivity contribution in [1.82, 2.24) is 14.8 Å². The summed E-state index contributed by atoms with van der Waals surface area (Å²) in [6.45, 7) is 0.468. The number of halogens is 1. The van der Waals surface area contributed by atoms with E-state index in [0.29, 0.717) is 34.7 Å². The van der Waals surface area contributed by atoms with Crippen molar-refractivity contribution < 1.29 is 9.21 Å². The van der Waals surface area contributed by atoms with Crippen LogP contribution >= 0.6 is 11.6 Å². The topological polar surface area (TPSA) is 73.0 Å². The summed E-state index contributed by atoms with van der Waals surface area (Å²) in [4.78, 5) is 17.3. The Bertz CT molecular complexity index is 1040. The number of nitrogens with zero attached hydrogens (tertiary/aromatic N) is 3. The van der Waals surface area contributed by atoms with Crippen molar-refractivity contribution in [3.05, 3.63) is 89.1 Å². The molecule has 4 rings (SSSR count). The molecule has 0 amide bonds. The lowest BCUT2D eigenvalue weighted by atomic mass is 10.2. The highest BCUT2D eigenvalue weighted by atomic mass is 35.5. The molecule has 0 radical (unpaired) electrons. The van der Waals surface area contributed by atoms with E-state index in [2.05, 4.69) is 15.4 Å². The summed E-state index contributed by atoms with van der Waals surface area (Å²) < 4.78 is 6.61. The lowest BCUT2D eigenvalue weighted by molar-refractivity contribution is 0.0947. The van der Waals surface area contributed by atoms with Crippen LogP contribution in [-0.4, -0.2) is 20.7 Å². The number of hydrogen-bond acceptors (Lipinski definition) is 5. The predicted molar refractivity (Wildman–Crippen MR) is 103 cm³/mol. The van der Waals surface area contributed by atoms with E-state index in [-0.39, 0.29) is 5.91 Å². The average Bonchev–Trinajstić information content (AvgIpc) is 3.37. The minimum Gasteiger partial charge on any atom is -0.461 e. The minimum atomic E-state index is -0.278. The van der Waals surface area contributed by atoms with Gasteiger partial charge in [0.05, 0.1) is 6.26 Å². The molecule has 6 nitrogen and oxygen atoms in total. The normalized spacial score (nSPS) is 10.7.